The molecule has 5 atom stereocenters. The number of amides is 1. The minimum atomic E-state index is -0.522. The minimum Gasteiger partial charge on any atom is -0.374 e. The highest BCUT2D eigenvalue weighted by atomic mass is 16.5. The molecular formula is C20H22N2O3. The second kappa shape index (κ2) is 5.02. The van der Waals surface area contributed by atoms with Crippen molar-refractivity contribution in [2.24, 2.45) is 11.8 Å². The summed E-state index contributed by atoms with van der Waals surface area (Å²) in [7, 11) is 1.73. The van der Waals surface area contributed by atoms with Gasteiger partial charge in [-0.05, 0) is 42.5 Å². The molecule has 0 bridgehead atoms. The highest BCUT2D eigenvalue weighted by Gasteiger charge is 2.64. The number of methoxy groups -OCH3 is 1. The topological polar surface area (TPSA) is 67.4 Å². The van der Waals surface area contributed by atoms with Crippen molar-refractivity contribution >= 4 is 17.4 Å². The number of fused-ring (bicyclic) bond motifs is 6. The molecule has 5 nitrogen and oxygen atoms in total. The van der Waals surface area contributed by atoms with Crippen molar-refractivity contribution in [2.75, 3.05) is 19.0 Å². The van der Waals surface area contributed by atoms with Crippen LogP contribution in [0.2, 0.25) is 0 Å². The monoisotopic (exact) mass is 338 g/mol. The average molecular weight is 338 g/mol. The molecule has 4 aliphatic rings. The number of hydrogen-bond acceptors (Lipinski definition) is 4. The molecule has 2 heterocycles. The third-order valence-corrected chi connectivity index (χ3v) is 7.00. The highest BCUT2D eigenvalue weighted by Crippen LogP contribution is 2.56. The summed E-state index contributed by atoms with van der Waals surface area (Å²) in [6.45, 7) is 0.624. The van der Waals surface area contributed by atoms with Crippen LogP contribution < -0.4 is 10.6 Å². The summed E-state index contributed by atoms with van der Waals surface area (Å²) in [4.78, 5) is 25.1. The fourth-order valence-electron chi connectivity index (χ4n) is 5.81. The third kappa shape index (κ3) is 1.80. The van der Waals surface area contributed by atoms with E-state index in [1.165, 1.54) is 0 Å². The van der Waals surface area contributed by atoms with E-state index in [1.54, 1.807) is 13.2 Å². The van der Waals surface area contributed by atoms with E-state index in [2.05, 4.69) is 16.7 Å². The van der Waals surface area contributed by atoms with Crippen LogP contribution in [0.25, 0.3) is 0 Å². The van der Waals surface area contributed by atoms with E-state index in [9.17, 15) is 9.59 Å². The number of nitrogens with one attached hydrogen (secondary N) is 2. The summed E-state index contributed by atoms with van der Waals surface area (Å²) >= 11 is 0. The quantitative estimate of drug-likeness (QED) is 0.819. The van der Waals surface area contributed by atoms with Gasteiger partial charge in [0.05, 0.1) is 11.0 Å². The van der Waals surface area contributed by atoms with Gasteiger partial charge in [-0.2, -0.15) is 0 Å². The summed E-state index contributed by atoms with van der Waals surface area (Å²) in [6, 6.07) is 8.12. The van der Waals surface area contributed by atoms with E-state index >= 15 is 0 Å². The van der Waals surface area contributed by atoms with Crippen LogP contribution >= 0.6 is 0 Å². The molecule has 1 amide bonds. The number of carbonyl (C=O) groups is 2. The summed E-state index contributed by atoms with van der Waals surface area (Å²) in [6.07, 6.45) is 5.86. The van der Waals surface area contributed by atoms with Gasteiger partial charge in [-0.3, -0.25) is 9.59 Å². The van der Waals surface area contributed by atoms with Crippen LogP contribution in [-0.4, -0.2) is 37.0 Å². The predicted octanol–water partition coefficient (Wildman–Crippen LogP) is 1.79. The maximum atomic E-state index is 13.0. The largest absolute Gasteiger partial charge is 0.374 e. The second-order valence-electron chi connectivity index (χ2n) is 7.79. The Morgan fingerprint density at radius 3 is 2.88 bits per heavy atom. The van der Waals surface area contributed by atoms with E-state index in [4.69, 9.17) is 4.74 Å². The Morgan fingerprint density at radius 1 is 1.20 bits per heavy atom. The van der Waals surface area contributed by atoms with Crippen LogP contribution in [0.5, 0.6) is 0 Å². The number of benzene rings is 1. The zero-order valence-electron chi connectivity index (χ0n) is 14.2. The van der Waals surface area contributed by atoms with Crippen LogP contribution in [0.15, 0.2) is 36.4 Å². The maximum Gasteiger partial charge on any atom is 0.236 e. The van der Waals surface area contributed by atoms with Gasteiger partial charge in [0.15, 0.2) is 5.78 Å². The SMILES string of the molecule is CO[C@]12C=CC(=O)C[C@H]1C1NC[C@@]3(C(=O)Nc4ccccc43)[C@@H]1CC2. The van der Waals surface area contributed by atoms with E-state index in [-0.39, 0.29) is 35.2 Å². The van der Waals surface area contributed by atoms with Crippen LogP contribution in [0, 0.1) is 11.8 Å². The van der Waals surface area contributed by atoms with Gasteiger partial charge in [-0.25, -0.2) is 0 Å². The van der Waals surface area contributed by atoms with E-state index in [0.717, 1.165) is 24.1 Å². The van der Waals surface area contributed by atoms with Crippen molar-refractivity contribution in [3.63, 3.8) is 0 Å². The first kappa shape index (κ1) is 15.3. The summed E-state index contributed by atoms with van der Waals surface area (Å²) in [5.41, 5.74) is 1.12. The van der Waals surface area contributed by atoms with Crippen molar-refractivity contribution in [2.45, 2.75) is 36.3 Å². The summed E-state index contributed by atoms with van der Waals surface area (Å²) in [5, 5.41) is 6.69. The van der Waals surface area contributed by atoms with Gasteiger partial charge in [-0.15, -0.1) is 0 Å². The number of rotatable bonds is 1. The molecule has 1 unspecified atom stereocenters. The van der Waals surface area contributed by atoms with Gasteiger partial charge < -0.3 is 15.4 Å². The second-order valence-corrected chi connectivity index (χ2v) is 7.79. The van der Waals surface area contributed by atoms with Gasteiger partial charge in [-0.1, -0.05) is 18.2 Å². The minimum absolute atomic E-state index is 0.0775. The Hall–Kier alpha value is -1.98. The molecule has 25 heavy (non-hydrogen) atoms. The first-order valence-electron chi connectivity index (χ1n) is 9.02. The first-order chi connectivity index (χ1) is 12.1. The molecule has 1 saturated heterocycles. The van der Waals surface area contributed by atoms with Crippen molar-refractivity contribution in [1.29, 1.82) is 0 Å². The van der Waals surface area contributed by atoms with Crippen LogP contribution in [0.1, 0.15) is 24.8 Å². The van der Waals surface area contributed by atoms with Crippen LogP contribution in [-0.2, 0) is 19.7 Å². The standard InChI is InChI=1S/C20H22N2O3/c1-25-19-8-6-12(23)10-15(19)17-14(7-9-19)20(11-21-17)13-4-2-3-5-16(13)22-18(20)24/h2-6,8,14-15,17,21H,7,9-11H2,1H3,(H,22,24)/t14-,15+,17?,19+,20+/m1/s1. The normalized spacial score (nSPS) is 41.4. The average Bonchev–Trinajstić information content (AvgIpc) is 3.15. The first-order valence-corrected chi connectivity index (χ1v) is 9.02. The molecule has 5 rings (SSSR count). The van der Waals surface area contributed by atoms with Gasteiger partial charge >= 0.3 is 0 Å². The predicted molar refractivity (Wildman–Crippen MR) is 93.3 cm³/mol. The lowest BCUT2D eigenvalue weighted by molar-refractivity contribution is -0.128. The molecule has 1 spiro atoms. The molecule has 2 fully saturated rings. The van der Waals surface area contributed by atoms with Crippen molar-refractivity contribution < 1.29 is 14.3 Å². The molecule has 2 aliphatic heterocycles. The number of hydrogen-bond donors (Lipinski definition) is 2. The Balaban J connectivity index is 1.59. The van der Waals surface area contributed by atoms with Crippen molar-refractivity contribution in [3.8, 4) is 0 Å². The van der Waals surface area contributed by atoms with Crippen molar-refractivity contribution in [3.05, 3.63) is 42.0 Å². The maximum absolute atomic E-state index is 13.0. The molecule has 1 aromatic carbocycles. The molecule has 0 radical (unpaired) electrons. The van der Waals surface area contributed by atoms with Crippen LogP contribution in [0.4, 0.5) is 5.69 Å². The van der Waals surface area contributed by atoms with E-state index in [1.807, 2.05) is 24.3 Å². The third-order valence-electron chi connectivity index (χ3n) is 7.00. The van der Waals surface area contributed by atoms with E-state index in [0.29, 0.717) is 13.0 Å². The molecule has 2 N–H and O–H groups in total. The number of ketones is 1. The zero-order chi connectivity index (χ0) is 17.2. The van der Waals surface area contributed by atoms with Gasteiger partial charge in [0.2, 0.25) is 5.91 Å². The van der Waals surface area contributed by atoms with Gasteiger partial charge in [0.25, 0.3) is 0 Å². The molecule has 0 aromatic heterocycles. The summed E-state index contributed by atoms with van der Waals surface area (Å²) in [5.74, 6) is 0.506. The number of para-hydroxylation sites is 1. The molecular weight excluding hydrogens is 316 g/mol. The summed E-state index contributed by atoms with van der Waals surface area (Å²) < 4.78 is 5.91. The Kier molecular flexibility index (Phi) is 3.07. The van der Waals surface area contributed by atoms with Gasteiger partial charge in [0, 0.05) is 37.7 Å². The lowest BCUT2D eigenvalue weighted by Gasteiger charge is -2.50. The fourth-order valence-corrected chi connectivity index (χ4v) is 5.81. The Labute approximate surface area is 146 Å². The lowest BCUT2D eigenvalue weighted by Crippen LogP contribution is -2.57. The van der Waals surface area contributed by atoms with Crippen LogP contribution in [0.3, 0.4) is 0 Å². The zero-order valence-corrected chi connectivity index (χ0v) is 14.2. The molecule has 2 aliphatic carbocycles. The lowest BCUT2D eigenvalue weighted by atomic mass is 9.58. The number of ether oxygens (including phenoxy) is 1. The molecule has 130 valence electrons. The number of anilines is 1. The highest BCUT2D eigenvalue weighted by molar-refractivity contribution is 6.07. The molecule has 5 heteroatoms. The Bertz CT molecular complexity index is 804. The fraction of sp³-hybridized carbons (Fsp3) is 0.500. The molecule has 1 aromatic rings. The molecule has 1 saturated carbocycles. The van der Waals surface area contributed by atoms with E-state index < -0.39 is 5.41 Å². The smallest absolute Gasteiger partial charge is 0.236 e. The van der Waals surface area contributed by atoms with Crippen molar-refractivity contribution in [1.82, 2.24) is 5.32 Å². The number of carbonyl (C=O) groups excluding carboxylic acids is 2. The number of allylic oxidation sites excluding steroid dienone is 1. The van der Waals surface area contributed by atoms with Gasteiger partial charge in [0.1, 0.15) is 0 Å². The Morgan fingerprint density at radius 2 is 2.04 bits per heavy atom.